The van der Waals surface area contributed by atoms with Gasteiger partial charge in [0, 0.05) is 26.3 Å². The van der Waals surface area contributed by atoms with E-state index in [0.29, 0.717) is 34.4 Å². The fraction of sp³-hybridized carbons (Fsp3) is 0.256. The van der Waals surface area contributed by atoms with Gasteiger partial charge in [0.15, 0.2) is 0 Å². The van der Waals surface area contributed by atoms with Crippen molar-refractivity contribution in [2.24, 2.45) is 0 Å². The minimum absolute atomic E-state index is 0.0518. The van der Waals surface area contributed by atoms with Gasteiger partial charge in [-0.05, 0) is 66.4 Å². The molecule has 0 aromatic heterocycles. The second-order valence-corrected chi connectivity index (χ2v) is 11.4. The van der Waals surface area contributed by atoms with Gasteiger partial charge in [-0.1, -0.05) is 66.7 Å². The van der Waals surface area contributed by atoms with Gasteiger partial charge in [-0.3, -0.25) is 19.2 Å². The smallest absolute Gasteiger partial charge is 0.322 e. The first-order valence-electron chi connectivity index (χ1n) is 15.8. The van der Waals surface area contributed by atoms with Crippen molar-refractivity contribution >= 4 is 29.4 Å². The monoisotopic (exact) mass is 661 g/mol. The first-order chi connectivity index (χ1) is 23.6. The van der Waals surface area contributed by atoms with Crippen LogP contribution in [0.25, 0.3) is 11.1 Å². The molecule has 4 aromatic carbocycles. The highest BCUT2D eigenvalue weighted by atomic mass is 16.6. The topological polar surface area (TPSA) is 135 Å². The lowest BCUT2D eigenvalue weighted by Gasteiger charge is -2.31. The second kappa shape index (κ2) is 16.9. The van der Waals surface area contributed by atoms with E-state index in [4.69, 9.17) is 19.5 Å². The van der Waals surface area contributed by atoms with Gasteiger partial charge in [0.25, 0.3) is 11.8 Å². The largest absolute Gasteiger partial charge is 0.465 e. The number of ether oxygens (including phenoxy) is 3. The Balaban J connectivity index is 1.57. The molecule has 4 aromatic rings. The van der Waals surface area contributed by atoms with Crippen molar-refractivity contribution in [2.75, 3.05) is 45.8 Å². The second-order valence-electron chi connectivity index (χ2n) is 11.4. The molecule has 0 heterocycles. The van der Waals surface area contributed by atoms with E-state index in [1.807, 2.05) is 12.1 Å². The Kier molecular flexibility index (Phi) is 12.4. The fourth-order valence-electron chi connectivity index (χ4n) is 5.24. The molecule has 0 saturated carbocycles. The number of nitriles is 1. The lowest BCUT2D eigenvalue weighted by Crippen LogP contribution is -2.46. The van der Waals surface area contributed by atoms with Crippen LogP contribution in [0, 0.1) is 11.3 Å². The Morgan fingerprint density at radius 2 is 1.49 bits per heavy atom. The summed E-state index contributed by atoms with van der Waals surface area (Å²) in [7, 11) is 3.18. The number of amides is 2. The summed E-state index contributed by atoms with van der Waals surface area (Å²) in [5, 5.41) is 12.0. The van der Waals surface area contributed by atoms with Crippen LogP contribution in [-0.4, -0.2) is 69.2 Å². The fourth-order valence-corrected chi connectivity index (χ4v) is 5.24. The van der Waals surface area contributed by atoms with E-state index >= 15 is 0 Å². The minimum Gasteiger partial charge on any atom is -0.465 e. The van der Waals surface area contributed by atoms with Gasteiger partial charge in [0.05, 0.1) is 42.5 Å². The number of hydrogen-bond acceptors (Lipinski definition) is 8. The van der Waals surface area contributed by atoms with Gasteiger partial charge in [-0.2, -0.15) is 5.26 Å². The highest BCUT2D eigenvalue weighted by Gasteiger charge is 2.44. The molecule has 2 amide bonds. The van der Waals surface area contributed by atoms with Crippen LogP contribution in [0.3, 0.4) is 0 Å². The van der Waals surface area contributed by atoms with E-state index in [-0.39, 0.29) is 43.4 Å². The number of nitrogens with one attached hydrogen (secondary N) is 1. The Hall–Kier alpha value is -5.79. The Bertz CT molecular complexity index is 1830. The van der Waals surface area contributed by atoms with Crippen LogP contribution < -0.4 is 5.32 Å². The normalized spacial score (nSPS) is 11.8. The SMILES string of the molecule is CCOCC(COC(=O)Cc1ccc(NC(=O)c2ccccc2-c2ccc(C#N)cc2)c(C(=O)N(C)C)c1)(C(=O)OCC)c1ccccc1. The van der Waals surface area contributed by atoms with Crippen LogP contribution in [-0.2, 0) is 35.6 Å². The molecule has 0 bridgehead atoms. The van der Waals surface area contributed by atoms with Gasteiger partial charge >= 0.3 is 11.9 Å². The number of anilines is 1. The maximum Gasteiger partial charge on any atom is 0.322 e. The van der Waals surface area contributed by atoms with Crippen molar-refractivity contribution in [3.63, 3.8) is 0 Å². The highest BCUT2D eigenvalue weighted by molar-refractivity contribution is 6.12. The van der Waals surface area contributed by atoms with Crippen LogP contribution in [0.2, 0.25) is 0 Å². The quantitative estimate of drug-likeness (QED) is 0.168. The molecule has 1 N–H and O–H groups in total. The summed E-state index contributed by atoms with van der Waals surface area (Å²) < 4.78 is 16.8. The van der Waals surface area contributed by atoms with Crippen molar-refractivity contribution < 1.29 is 33.4 Å². The lowest BCUT2D eigenvalue weighted by atomic mass is 9.81. The molecule has 0 aliphatic heterocycles. The third-order valence-corrected chi connectivity index (χ3v) is 7.84. The molecule has 0 spiro atoms. The number of carbonyl (C=O) groups excluding carboxylic acids is 4. The summed E-state index contributed by atoms with van der Waals surface area (Å²) in [5.41, 5.74) is 2.41. The third-order valence-electron chi connectivity index (χ3n) is 7.84. The molecular formula is C39H39N3O7. The molecule has 49 heavy (non-hydrogen) atoms. The van der Waals surface area contributed by atoms with Gasteiger partial charge in [-0.25, -0.2) is 0 Å². The molecule has 4 rings (SSSR count). The first-order valence-corrected chi connectivity index (χ1v) is 15.8. The van der Waals surface area contributed by atoms with Crippen molar-refractivity contribution in [3.05, 3.63) is 125 Å². The van der Waals surface area contributed by atoms with Crippen molar-refractivity contribution in [3.8, 4) is 17.2 Å². The molecule has 0 aliphatic rings. The number of carbonyl (C=O) groups is 4. The molecule has 252 valence electrons. The Labute approximate surface area is 286 Å². The zero-order valence-electron chi connectivity index (χ0n) is 28.0. The van der Waals surface area contributed by atoms with Crippen molar-refractivity contribution in [2.45, 2.75) is 25.7 Å². The van der Waals surface area contributed by atoms with Crippen LogP contribution >= 0.6 is 0 Å². The molecule has 0 radical (unpaired) electrons. The number of benzene rings is 4. The molecule has 0 fully saturated rings. The molecule has 1 unspecified atom stereocenters. The summed E-state index contributed by atoms with van der Waals surface area (Å²) in [4.78, 5) is 54.8. The lowest BCUT2D eigenvalue weighted by molar-refractivity contribution is -0.160. The van der Waals surface area contributed by atoms with Crippen LogP contribution in [0.4, 0.5) is 5.69 Å². The number of esters is 2. The van der Waals surface area contributed by atoms with E-state index < -0.39 is 23.3 Å². The molecule has 10 heteroatoms. The molecule has 10 nitrogen and oxygen atoms in total. The average molecular weight is 662 g/mol. The summed E-state index contributed by atoms with van der Waals surface area (Å²) >= 11 is 0. The summed E-state index contributed by atoms with van der Waals surface area (Å²) in [6.07, 6.45) is -0.203. The minimum atomic E-state index is -1.38. The summed E-state index contributed by atoms with van der Waals surface area (Å²) in [6, 6.07) is 29.7. The Morgan fingerprint density at radius 1 is 0.796 bits per heavy atom. The number of hydrogen-bond donors (Lipinski definition) is 1. The van der Waals surface area contributed by atoms with Gasteiger partial charge in [0.2, 0.25) is 0 Å². The zero-order valence-corrected chi connectivity index (χ0v) is 28.0. The highest BCUT2D eigenvalue weighted by Crippen LogP contribution is 2.29. The third kappa shape index (κ3) is 8.77. The maximum absolute atomic E-state index is 13.6. The molecule has 0 saturated heterocycles. The average Bonchev–Trinajstić information content (AvgIpc) is 3.12. The van der Waals surface area contributed by atoms with E-state index in [9.17, 15) is 19.2 Å². The summed E-state index contributed by atoms with van der Waals surface area (Å²) in [6.45, 7) is 3.62. The molecular weight excluding hydrogens is 622 g/mol. The number of nitrogens with zero attached hydrogens (tertiary/aromatic N) is 2. The number of rotatable bonds is 14. The molecule has 1 atom stereocenters. The van der Waals surface area contributed by atoms with Crippen LogP contribution in [0.15, 0.2) is 97.1 Å². The first kappa shape index (κ1) is 36.1. The van der Waals surface area contributed by atoms with Gasteiger partial charge in [-0.15, -0.1) is 0 Å². The van der Waals surface area contributed by atoms with Gasteiger partial charge in [0.1, 0.15) is 12.0 Å². The van der Waals surface area contributed by atoms with Crippen LogP contribution in [0.1, 0.15) is 51.3 Å². The van der Waals surface area contributed by atoms with Crippen molar-refractivity contribution in [1.82, 2.24) is 4.90 Å². The van der Waals surface area contributed by atoms with E-state index in [1.165, 1.54) is 4.90 Å². The van der Waals surface area contributed by atoms with Crippen molar-refractivity contribution in [1.29, 1.82) is 5.26 Å². The maximum atomic E-state index is 13.6. The van der Waals surface area contributed by atoms with E-state index in [2.05, 4.69) is 11.4 Å². The molecule has 0 aliphatic carbocycles. The van der Waals surface area contributed by atoms with E-state index in [0.717, 1.165) is 5.56 Å². The Morgan fingerprint density at radius 3 is 2.14 bits per heavy atom. The van der Waals surface area contributed by atoms with E-state index in [1.54, 1.807) is 113 Å². The zero-order chi connectivity index (χ0) is 35.4. The predicted octanol–water partition coefficient (Wildman–Crippen LogP) is 5.80. The van der Waals surface area contributed by atoms with Gasteiger partial charge < -0.3 is 24.4 Å². The predicted molar refractivity (Wildman–Crippen MR) is 185 cm³/mol. The van der Waals surface area contributed by atoms with Crippen LogP contribution in [0.5, 0.6) is 0 Å². The standard InChI is InChI=1S/C39H39N3O7/c1-5-47-25-39(38(46)48-6-2,30-12-8-7-9-13-30)26-49-35(43)23-28-18-21-34(33(22-28)37(45)42(3)4)41-36(44)32-15-11-10-14-31(32)29-19-16-27(24-40)17-20-29/h7-22H,5-6,23,25-26H2,1-4H3,(H,41,44). The summed E-state index contributed by atoms with van der Waals surface area (Å²) in [5.74, 6) is -2.02.